The summed E-state index contributed by atoms with van der Waals surface area (Å²) in [5.41, 5.74) is 1.07. The third kappa shape index (κ3) is 3.14. The van der Waals surface area contributed by atoms with Crippen molar-refractivity contribution in [1.29, 1.82) is 0 Å². The molecule has 8 nitrogen and oxygen atoms in total. The maximum atomic E-state index is 13.1. The van der Waals surface area contributed by atoms with Crippen molar-refractivity contribution in [2.75, 3.05) is 26.2 Å². The van der Waals surface area contributed by atoms with Crippen molar-refractivity contribution in [3.8, 4) is 11.3 Å². The van der Waals surface area contributed by atoms with Gasteiger partial charge in [0.2, 0.25) is 0 Å². The van der Waals surface area contributed by atoms with Crippen LogP contribution in [0.15, 0.2) is 41.0 Å². The molecule has 1 atom stereocenters. The van der Waals surface area contributed by atoms with E-state index in [2.05, 4.69) is 0 Å². The van der Waals surface area contributed by atoms with E-state index < -0.39 is 18.7 Å². The van der Waals surface area contributed by atoms with Crippen LogP contribution in [0.25, 0.3) is 11.3 Å². The van der Waals surface area contributed by atoms with Gasteiger partial charge in [0.1, 0.15) is 5.76 Å². The Labute approximate surface area is 144 Å². The van der Waals surface area contributed by atoms with Crippen LogP contribution in [0.4, 0.5) is 5.69 Å². The molecule has 2 saturated heterocycles. The molecular weight excluding hydrogens is 345 g/mol. The molecule has 0 spiro atoms. The van der Waals surface area contributed by atoms with E-state index in [1.54, 1.807) is 24.3 Å². The monoisotopic (exact) mass is 363 g/mol. The van der Waals surface area contributed by atoms with Crippen molar-refractivity contribution in [3.05, 3.63) is 52.3 Å². The molecule has 2 aliphatic rings. The van der Waals surface area contributed by atoms with Crippen LogP contribution in [0.2, 0.25) is 0 Å². The van der Waals surface area contributed by atoms with Gasteiger partial charge < -0.3 is 4.42 Å². The van der Waals surface area contributed by atoms with Gasteiger partial charge in [-0.25, -0.2) is 9.34 Å². The highest BCUT2D eigenvalue weighted by atomic mass is 31.2. The van der Waals surface area contributed by atoms with Gasteiger partial charge in [-0.1, -0.05) is 0 Å². The molecule has 9 heteroatoms. The molecule has 0 amide bonds. The van der Waals surface area contributed by atoms with Crippen LogP contribution in [-0.2, 0) is 9.09 Å². The first-order valence-electron chi connectivity index (χ1n) is 8.10. The molecular formula is C16H18N3O5P. The van der Waals surface area contributed by atoms with E-state index in [4.69, 9.17) is 8.94 Å². The standard InChI is InChI=1S/C16H18N3O5P/c1-12(24-25(22,17-6-7-17)18-8-9-18)13-4-5-15(19(20)21)14(11-13)16-3-2-10-23-16/h2-5,10-12H,6-9H2,1H3. The summed E-state index contributed by atoms with van der Waals surface area (Å²) in [6.45, 7) is 4.92. The molecule has 1 unspecified atom stereocenters. The number of benzene rings is 1. The van der Waals surface area contributed by atoms with Gasteiger partial charge in [-0.2, -0.15) is 0 Å². The molecule has 4 rings (SSSR count). The summed E-state index contributed by atoms with van der Waals surface area (Å²) in [5.74, 6) is 0.417. The highest BCUT2D eigenvalue weighted by Gasteiger charge is 2.50. The molecule has 2 fully saturated rings. The van der Waals surface area contributed by atoms with Crippen molar-refractivity contribution < 1.29 is 18.4 Å². The van der Waals surface area contributed by atoms with E-state index in [9.17, 15) is 14.7 Å². The van der Waals surface area contributed by atoms with E-state index in [0.29, 0.717) is 11.3 Å². The fourth-order valence-electron chi connectivity index (χ4n) is 2.77. The fourth-order valence-corrected chi connectivity index (χ4v) is 5.12. The second-order valence-electron chi connectivity index (χ2n) is 6.16. The minimum absolute atomic E-state index is 0.0361. The molecule has 2 aromatic rings. The van der Waals surface area contributed by atoms with Gasteiger partial charge in [0.05, 0.1) is 22.9 Å². The Bertz CT molecular complexity index is 829. The van der Waals surface area contributed by atoms with Crippen molar-refractivity contribution >= 4 is 13.4 Å². The van der Waals surface area contributed by atoms with Crippen molar-refractivity contribution in [2.24, 2.45) is 0 Å². The third-order valence-corrected chi connectivity index (χ3v) is 7.15. The Hall–Kier alpha value is -1.99. The predicted octanol–water partition coefficient (Wildman–Crippen LogP) is 3.67. The predicted molar refractivity (Wildman–Crippen MR) is 91.1 cm³/mol. The number of rotatable bonds is 7. The van der Waals surface area contributed by atoms with Crippen LogP contribution in [0.1, 0.15) is 18.6 Å². The first-order chi connectivity index (χ1) is 12.0. The quantitative estimate of drug-likeness (QED) is 0.321. The zero-order valence-corrected chi connectivity index (χ0v) is 14.6. The lowest BCUT2D eigenvalue weighted by atomic mass is 10.0. The van der Waals surface area contributed by atoms with Crippen LogP contribution in [0.3, 0.4) is 0 Å². The zero-order valence-electron chi connectivity index (χ0n) is 13.7. The lowest BCUT2D eigenvalue weighted by Gasteiger charge is -2.24. The molecule has 0 radical (unpaired) electrons. The normalized spacial score (nSPS) is 18.9. The first kappa shape index (κ1) is 16.5. The Morgan fingerprint density at radius 2 is 1.92 bits per heavy atom. The summed E-state index contributed by atoms with van der Waals surface area (Å²) in [7, 11) is -2.96. The number of nitrogens with zero attached hydrogens (tertiary/aromatic N) is 3. The molecule has 0 aliphatic carbocycles. The highest BCUT2D eigenvalue weighted by Crippen LogP contribution is 2.63. The Morgan fingerprint density at radius 3 is 2.44 bits per heavy atom. The summed E-state index contributed by atoms with van der Waals surface area (Å²) in [6, 6.07) is 8.11. The SMILES string of the molecule is CC(OP(=O)(N1CC1)N1CC1)c1ccc([N+](=O)[O-])c(-c2ccco2)c1. The van der Waals surface area contributed by atoms with Crippen LogP contribution < -0.4 is 0 Å². The summed E-state index contributed by atoms with van der Waals surface area (Å²) in [5, 5.41) is 11.3. The minimum atomic E-state index is -2.96. The van der Waals surface area contributed by atoms with Crippen LogP contribution in [0, 0.1) is 10.1 Å². The number of hydrogen-bond acceptors (Lipinski definition) is 5. The smallest absolute Gasteiger partial charge is 0.346 e. The van der Waals surface area contributed by atoms with E-state index in [1.807, 2.05) is 16.3 Å². The summed E-state index contributed by atoms with van der Waals surface area (Å²) in [6.07, 6.45) is 1.02. The zero-order chi connectivity index (χ0) is 17.6. The average molecular weight is 363 g/mol. The molecule has 132 valence electrons. The molecule has 1 aromatic heterocycles. The van der Waals surface area contributed by atoms with Crippen LogP contribution in [0.5, 0.6) is 0 Å². The lowest BCUT2D eigenvalue weighted by molar-refractivity contribution is -0.384. The maximum Gasteiger partial charge on any atom is 0.346 e. The average Bonchev–Trinajstić information content (AvgIpc) is 3.51. The number of nitro groups is 1. The summed E-state index contributed by atoms with van der Waals surface area (Å²) in [4.78, 5) is 10.9. The molecule has 3 heterocycles. The highest BCUT2D eigenvalue weighted by molar-refractivity contribution is 7.54. The Kier molecular flexibility index (Phi) is 4.00. The van der Waals surface area contributed by atoms with E-state index in [1.165, 1.54) is 12.3 Å². The minimum Gasteiger partial charge on any atom is -0.464 e. The number of furan rings is 1. The number of nitro benzene ring substituents is 1. The molecule has 2 aliphatic heterocycles. The van der Waals surface area contributed by atoms with Crippen molar-refractivity contribution in [3.63, 3.8) is 0 Å². The van der Waals surface area contributed by atoms with Gasteiger partial charge in [-0.05, 0) is 36.8 Å². The lowest BCUT2D eigenvalue weighted by Crippen LogP contribution is -2.10. The molecule has 1 aromatic carbocycles. The molecule has 25 heavy (non-hydrogen) atoms. The van der Waals surface area contributed by atoms with Crippen LogP contribution in [-0.4, -0.2) is 40.4 Å². The van der Waals surface area contributed by atoms with E-state index >= 15 is 0 Å². The maximum absolute atomic E-state index is 13.1. The van der Waals surface area contributed by atoms with Crippen LogP contribution >= 0.6 is 7.67 Å². The summed E-state index contributed by atoms with van der Waals surface area (Å²) >= 11 is 0. The van der Waals surface area contributed by atoms with Gasteiger partial charge in [-0.15, -0.1) is 0 Å². The Balaban J connectivity index is 1.65. The molecule has 0 N–H and O–H groups in total. The van der Waals surface area contributed by atoms with Crippen molar-refractivity contribution in [2.45, 2.75) is 13.0 Å². The second kappa shape index (κ2) is 6.07. The topological polar surface area (TPSA) is 88.6 Å². The molecule has 0 bridgehead atoms. The first-order valence-corrected chi connectivity index (χ1v) is 9.63. The number of hydrogen-bond donors (Lipinski definition) is 0. The van der Waals surface area contributed by atoms with Gasteiger partial charge in [0.25, 0.3) is 5.69 Å². The van der Waals surface area contributed by atoms with E-state index in [0.717, 1.165) is 31.7 Å². The molecule has 0 saturated carbocycles. The largest absolute Gasteiger partial charge is 0.464 e. The van der Waals surface area contributed by atoms with Gasteiger partial charge in [0, 0.05) is 32.2 Å². The summed E-state index contributed by atoms with van der Waals surface area (Å²) < 4.78 is 28.1. The van der Waals surface area contributed by atoms with Gasteiger partial charge in [0.15, 0.2) is 0 Å². The fraction of sp³-hybridized carbons (Fsp3) is 0.375. The van der Waals surface area contributed by atoms with Gasteiger partial charge >= 0.3 is 7.67 Å². The third-order valence-electron chi connectivity index (χ3n) is 4.33. The van der Waals surface area contributed by atoms with Crippen molar-refractivity contribution in [1.82, 2.24) is 9.34 Å². The van der Waals surface area contributed by atoms with Gasteiger partial charge in [-0.3, -0.25) is 19.2 Å². The van der Waals surface area contributed by atoms with E-state index in [-0.39, 0.29) is 5.69 Å². The second-order valence-corrected chi connectivity index (χ2v) is 8.48. The Morgan fingerprint density at radius 1 is 1.24 bits per heavy atom.